The Morgan fingerprint density at radius 3 is 2.86 bits per heavy atom. The van der Waals surface area contributed by atoms with Crippen LogP contribution in [0.25, 0.3) is 0 Å². The molecule has 2 saturated heterocycles. The summed E-state index contributed by atoms with van der Waals surface area (Å²) >= 11 is 0. The van der Waals surface area contributed by atoms with Gasteiger partial charge in [-0.05, 0) is 45.3 Å². The third kappa shape index (κ3) is 3.12. The first-order chi connectivity index (χ1) is 10.2. The standard InChI is InChI=1S/C17H26FN3/c1-20-8-3-6-14-11-21(9-7-16(14)20)12-15-5-2-4-13(10-19)17(15)18/h2,4-5,14,16H,3,6-12,19H2,1H3. The lowest BCUT2D eigenvalue weighted by Gasteiger charge is -2.46. The summed E-state index contributed by atoms with van der Waals surface area (Å²) in [5, 5.41) is 0. The molecule has 0 spiro atoms. The van der Waals surface area contributed by atoms with Crippen molar-refractivity contribution in [3.05, 3.63) is 35.1 Å². The van der Waals surface area contributed by atoms with Crippen LogP contribution < -0.4 is 5.73 Å². The Kier molecular flexibility index (Phi) is 4.57. The average Bonchev–Trinajstić information content (AvgIpc) is 2.49. The van der Waals surface area contributed by atoms with Gasteiger partial charge in [-0.2, -0.15) is 0 Å². The van der Waals surface area contributed by atoms with Crippen LogP contribution in [0, 0.1) is 11.7 Å². The van der Waals surface area contributed by atoms with Gasteiger partial charge < -0.3 is 10.6 Å². The molecule has 2 fully saturated rings. The lowest BCUT2D eigenvalue weighted by Crippen LogP contribution is -2.52. The van der Waals surface area contributed by atoms with Crippen molar-refractivity contribution in [1.29, 1.82) is 0 Å². The molecule has 2 aliphatic heterocycles. The predicted molar refractivity (Wildman–Crippen MR) is 83.3 cm³/mol. The third-order valence-electron chi connectivity index (χ3n) is 5.20. The molecular weight excluding hydrogens is 265 g/mol. The molecule has 21 heavy (non-hydrogen) atoms. The van der Waals surface area contributed by atoms with Crippen molar-refractivity contribution in [3.63, 3.8) is 0 Å². The van der Waals surface area contributed by atoms with Crippen molar-refractivity contribution < 1.29 is 4.39 Å². The minimum absolute atomic E-state index is 0.108. The van der Waals surface area contributed by atoms with Gasteiger partial charge in [0.1, 0.15) is 5.82 Å². The van der Waals surface area contributed by atoms with Crippen LogP contribution in [0.2, 0.25) is 0 Å². The van der Waals surface area contributed by atoms with Crippen LogP contribution in [0.3, 0.4) is 0 Å². The Morgan fingerprint density at radius 1 is 1.24 bits per heavy atom. The highest BCUT2D eigenvalue weighted by atomic mass is 19.1. The van der Waals surface area contributed by atoms with Crippen LogP contribution in [-0.4, -0.2) is 42.5 Å². The monoisotopic (exact) mass is 291 g/mol. The molecule has 2 aliphatic rings. The fraction of sp³-hybridized carbons (Fsp3) is 0.647. The normalized spacial score (nSPS) is 27.6. The fourth-order valence-corrected chi connectivity index (χ4v) is 4.03. The Bertz CT molecular complexity index is 491. The number of hydrogen-bond acceptors (Lipinski definition) is 3. The summed E-state index contributed by atoms with van der Waals surface area (Å²) < 4.78 is 14.3. The maximum Gasteiger partial charge on any atom is 0.132 e. The summed E-state index contributed by atoms with van der Waals surface area (Å²) in [5.74, 6) is 0.640. The van der Waals surface area contributed by atoms with Crippen LogP contribution in [-0.2, 0) is 13.1 Å². The summed E-state index contributed by atoms with van der Waals surface area (Å²) in [4.78, 5) is 4.93. The first-order valence-electron chi connectivity index (χ1n) is 8.08. The number of hydrogen-bond donors (Lipinski definition) is 1. The number of fused-ring (bicyclic) bond motifs is 1. The van der Waals surface area contributed by atoms with E-state index in [1.54, 1.807) is 6.07 Å². The molecule has 2 unspecified atom stereocenters. The maximum absolute atomic E-state index is 14.3. The minimum Gasteiger partial charge on any atom is -0.326 e. The maximum atomic E-state index is 14.3. The molecule has 1 aromatic carbocycles. The van der Waals surface area contributed by atoms with Gasteiger partial charge in [-0.15, -0.1) is 0 Å². The van der Waals surface area contributed by atoms with Gasteiger partial charge in [0.25, 0.3) is 0 Å². The summed E-state index contributed by atoms with van der Waals surface area (Å²) in [5.41, 5.74) is 7.01. The van der Waals surface area contributed by atoms with E-state index in [2.05, 4.69) is 16.8 Å². The SMILES string of the molecule is CN1CCCC2CN(Cc3cccc(CN)c3F)CCC21. The molecule has 3 rings (SSSR count). The summed E-state index contributed by atoms with van der Waals surface area (Å²) in [6.45, 7) is 4.38. The highest BCUT2D eigenvalue weighted by molar-refractivity contribution is 5.26. The van der Waals surface area contributed by atoms with E-state index in [0.29, 0.717) is 12.1 Å². The molecule has 0 amide bonds. The zero-order valence-electron chi connectivity index (χ0n) is 12.9. The second-order valence-corrected chi connectivity index (χ2v) is 6.57. The van der Waals surface area contributed by atoms with Gasteiger partial charge >= 0.3 is 0 Å². The third-order valence-corrected chi connectivity index (χ3v) is 5.20. The van der Waals surface area contributed by atoms with Crippen LogP contribution in [0.15, 0.2) is 18.2 Å². The second kappa shape index (κ2) is 6.42. The van der Waals surface area contributed by atoms with Gasteiger partial charge in [0.2, 0.25) is 0 Å². The molecular formula is C17H26FN3. The molecule has 4 heteroatoms. The number of likely N-dealkylation sites (tertiary alicyclic amines) is 2. The summed E-state index contributed by atoms with van der Waals surface area (Å²) in [6.07, 6.45) is 3.82. The van der Waals surface area contributed by atoms with Gasteiger partial charge in [0, 0.05) is 36.8 Å². The molecule has 2 atom stereocenters. The lowest BCUT2D eigenvalue weighted by atomic mass is 9.84. The van der Waals surface area contributed by atoms with E-state index >= 15 is 0 Å². The zero-order chi connectivity index (χ0) is 14.8. The second-order valence-electron chi connectivity index (χ2n) is 6.57. The molecule has 0 radical (unpaired) electrons. The van der Waals surface area contributed by atoms with Crippen molar-refractivity contribution in [2.75, 3.05) is 26.7 Å². The fourth-order valence-electron chi connectivity index (χ4n) is 4.03. The van der Waals surface area contributed by atoms with Gasteiger partial charge in [-0.3, -0.25) is 4.90 Å². The van der Waals surface area contributed by atoms with Gasteiger partial charge in [-0.1, -0.05) is 18.2 Å². The molecule has 2 N–H and O–H groups in total. The van der Waals surface area contributed by atoms with E-state index in [1.807, 2.05) is 12.1 Å². The topological polar surface area (TPSA) is 32.5 Å². The number of nitrogens with two attached hydrogens (primary N) is 1. The van der Waals surface area contributed by atoms with Crippen molar-refractivity contribution in [2.24, 2.45) is 11.7 Å². The lowest BCUT2D eigenvalue weighted by molar-refractivity contribution is 0.0351. The van der Waals surface area contributed by atoms with Crippen LogP contribution in [0.5, 0.6) is 0 Å². The smallest absolute Gasteiger partial charge is 0.132 e. The average molecular weight is 291 g/mol. The summed E-state index contributed by atoms with van der Waals surface area (Å²) in [7, 11) is 2.25. The molecule has 0 saturated carbocycles. The van der Waals surface area contributed by atoms with E-state index in [4.69, 9.17) is 5.73 Å². The highest BCUT2D eigenvalue weighted by Gasteiger charge is 2.34. The molecule has 0 bridgehead atoms. The number of halogens is 1. The van der Waals surface area contributed by atoms with Crippen molar-refractivity contribution >= 4 is 0 Å². The number of piperidine rings is 2. The molecule has 0 aromatic heterocycles. The number of benzene rings is 1. The predicted octanol–water partition coefficient (Wildman–Crippen LogP) is 2.20. The van der Waals surface area contributed by atoms with Gasteiger partial charge in [0.15, 0.2) is 0 Å². The Balaban J connectivity index is 1.67. The van der Waals surface area contributed by atoms with Crippen molar-refractivity contribution in [2.45, 2.75) is 38.4 Å². The minimum atomic E-state index is -0.108. The number of rotatable bonds is 3. The van der Waals surface area contributed by atoms with Crippen molar-refractivity contribution in [1.82, 2.24) is 9.80 Å². The molecule has 116 valence electrons. The Hall–Kier alpha value is -0.970. The highest BCUT2D eigenvalue weighted by Crippen LogP contribution is 2.30. The first kappa shape index (κ1) is 14.9. The molecule has 3 nitrogen and oxygen atoms in total. The van der Waals surface area contributed by atoms with Crippen molar-refractivity contribution in [3.8, 4) is 0 Å². The van der Waals surface area contributed by atoms with E-state index in [1.165, 1.54) is 25.8 Å². The van der Waals surface area contributed by atoms with E-state index in [0.717, 1.165) is 30.6 Å². The van der Waals surface area contributed by atoms with Gasteiger partial charge in [-0.25, -0.2) is 4.39 Å². The van der Waals surface area contributed by atoms with Gasteiger partial charge in [0.05, 0.1) is 0 Å². The Labute approximate surface area is 126 Å². The molecule has 2 heterocycles. The van der Waals surface area contributed by atoms with Crippen LogP contribution in [0.4, 0.5) is 4.39 Å². The van der Waals surface area contributed by atoms with Crippen LogP contribution >= 0.6 is 0 Å². The Morgan fingerprint density at radius 2 is 2.05 bits per heavy atom. The van der Waals surface area contributed by atoms with E-state index < -0.39 is 0 Å². The zero-order valence-corrected chi connectivity index (χ0v) is 12.9. The largest absolute Gasteiger partial charge is 0.326 e. The first-order valence-corrected chi connectivity index (χ1v) is 8.08. The van der Waals surface area contributed by atoms with E-state index in [9.17, 15) is 4.39 Å². The number of nitrogens with zero attached hydrogens (tertiary/aromatic N) is 2. The quantitative estimate of drug-likeness (QED) is 0.926. The van der Waals surface area contributed by atoms with E-state index in [-0.39, 0.29) is 12.4 Å². The summed E-state index contributed by atoms with van der Waals surface area (Å²) in [6, 6.07) is 6.33. The molecule has 0 aliphatic carbocycles. The van der Waals surface area contributed by atoms with Crippen LogP contribution in [0.1, 0.15) is 30.4 Å². The molecule has 1 aromatic rings.